The van der Waals surface area contributed by atoms with Gasteiger partial charge in [-0.3, -0.25) is 0 Å². The van der Waals surface area contributed by atoms with Crippen molar-refractivity contribution in [3.05, 3.63) is 29.8 Å². The molecule has 1 aromatic rings. The predicted octanol–water partition coefficient (Wildman–Crippen LogP) is 7.23. The first-order valence-corrected chi connectivity index (χ1v) is 20.9. The van der Waals surface area contributed by atoms with E-state index in [1.807, 2.05) is 0 Å². The van der Waals surface area contributed by atoms with Gasteiger partial charge in [-0.05, 0) is 0 Å². The van der Waals surface area contributed by atoms with Gasteiger partial charge in [0.05, 0.1) is 0 Å². The van der Waals surface area contributed by atoms with Crippen LogP contribution in [0.5, 0.6) is 0 Å². The van der Waals surface area contributed by atoms with E-state index < -0.39 is 29.4 Å². The van der Waals surface area contributed by atoms with E-state index in [2.05, 4.69) is 89.5 Å². The van der Waals surface area contributed by atoms with Gasteiger partial charge in [0.1, 0.15) is 0 Å². The molecule has 0 spiro atoms. The molecule has 0 radical (unpaired) electrons. The van der Waals surface area contributed by atoms with Crippen molar-refractivity contribution >= 4 is 35.0 Å². The summed E-state index contributed by atoms with van der Waals surface area (Å²) < 4.78 is 21.3. The Hall–Kier alpha value is -0.0713. The fraction of sp³-hybridized carbons (Fsp3) is 0.760. The molecule has 0 aromatic heterocycles. The van der Waals surface area contributed by atoms with E-state index in [1.54, 1.807) is 0 Å². The first kappa shape index (κ1) is 28.0. The van der Waals surface area contributed by atoms with E-state index in [-0.39, 0.29) is 4.75 Å². The number of benzene rings is 1. The summed E-state index contributed by atoms with van der Waals surface area (Å²) in [6.45, 7) is 13.2. The van der Waals surface area contributed by atoms with Crippen LogP contribution in [-0.4, -0.2) is 41.4 Å². The average Bonchev–Trinajstić information content (AvgIpc) is 2.71. The average molecular weight is 543 g/mol. The van der Waals surface area contributed by atoms with Gasteiger partial charge in [-0.15, -0.1) is 0 Å². The standard InChI is InChI=1S/C13H21N2OS.3C4H9.Sn/c1-13(2,3)17(16)14-10-11-6-8-12(9-7-11)15(4)5;3*1-3-4-2;/h6-10,14H,1-5H3;3*1,3-4H2,2H3;/t17-;;;;/m1..../s1. The molecule has 0 aliphatic rings. The number of hydrogen-bond acceptors (Lipinski definition) is 2. The maximum absolute atomic E-state index is 13.3. The van der Waals surface area contributed by atoms with Crippen LogP contribution in [0.1, 0.15) is 89.7 Å². The van der Waals surface area contributed by atoms with E-state index in [9.17, 15) is 4.21 Å². The first-order valence-electron chi connectivity index (χ1n) is 12.1. The molecule has 5 heteroatoms. The Morgan fingerprint density at radius 1 is 0.900 bits per heavy atom. The van der Waals surface area contributed by atoms with Crippen LogP contribution in [-0.2, 0) is 11.0 Å². The van der Waals surface area contributed by atoms with Crippen LogP contribution in [0.15, 0.2) is 24.3 Å². The third-order valence-electron chi connectivity index (χ3n) is 6.22. The molecule has 0 aliphatic heterocycles. The summed E-state index contributed by atoms with van der Waals surface area (Å²) in [5.41, 5.74) is 2.60. The molecule has 0 unspecified atom stereocenters. The molecule has 0 saturated carbocycles. The third kappa shape index (κ3) is 8.46. The van der Waals surface area contributed by atoms with Crippen LogP contribution in [0.4, 0.5) is 5.69 Å². The Labute approximate surface area is 194 Å². The van der Waals surface area contributed by atoms with Gasteiger partial charge in [0, 0.05) is 0 Å². The zero-order valence-corrected chi connectivity index (χ0v) is 24.7. The summed E-state index contributed by atoms with van der Waals surface area (Å²) in [6, 6.07) is 9.09. The molecule has 30 heavy (non-hydrogen) atoms. The molecule has 3 nitrogen and oxygen atoms in total. The van der Waals surface area contributed by atoms with Crippen molar-refractivity contribution in [3.63, 3.8) is 0 Å². The Morgan fingerprint density at radius 2 is 1.33 bits per heavy atom. The normalized spacial score (nSPS) is 14.5. The Kier molecular flexibility index (Phi) is 12.6. The quantitative estimate of drug-likeness (QED) is 0.251. The van der Waals surface area contributed by atoms with E-state index in [1.165, 1.54) is 63.1 Å². The predicted molar refractivity (Wildman–Crippen MR) is 139 cm³/mol. The SMILES string of the molecule is CCC[CH2][Sn]([CH2]CCC)([CH2]CCC)[C@H](N[S@](=O)C(C)(C)C)c1ccc(N(C)C)cc1. The molecule has 0 aliphatic carbocycles. The molecule has 174 valence electrons. The second-order valence-corrected chi connectivity index (χ2v) is 25.8. The van der Waals surface area contributed by atoms with Gasteiger partial charge in [0.15, 0.2) is 0 Å². The molecule has 0 amide bonds. The Bertz CT molecular complexity index is 603. The molecule has 2 atom stereocenters. The second-order valence-electron chi connectivity index (χ2n) is 10.1. The van der Waals surface area contributed by atoms with E-state index >= 15 is 0 Å². The van der Waals surface area contributed by atoms with Crippen molar-refractivity contribution < 1.29 is 4.21 Å². The number of rotatable bonds is 14. The summed E-state index contributed by atoms with van der Waals surface area (Å²) in [5, 5.41) is 0. The number of unbranched alkanes of at least 4 members (excludes halogenated alkanes) is 3. The monoisotopic (exact) mass is 544 g/mol. The minimum atomic E-state index is -2.69. The second kappa shape index (κ2) is 13.5. The third-order valence-corrected chi connectivity index (χ3v) is 24.8. The van der Waals surface area contributed by atoms with Gasteiger partial charge in [-0.1, -0.05) is 0 Å². The number of nitrogens with zero attached hydrogens (tertiary/aromatic N) is 1. The zero-order chi connectivity index (χ0) is 22.8. The number of nitrogens with one attached hydrogen (secondary N) is 1. The van der Waals surface area contributed by atoms with Crippen molar-refractivity contribution in [2.24, 2.45) is 0 Å². The van der Waals surface area contributed by atoms with Crippen LogP contribution < -0.4 is 9.62 Å². The van der Waals surface area contributed by atoms with Crippen molar-refractivity contribution in [3.8, 4) is 0 Å². The minimum absolute atomic E-state index is 0.250. The maximum atomic E-state index is 13.3. The molecule has 1 rings (SSSR count). The summed E-state index contributed by atoms with van der Waals surface area (Å²) >= 11 is -2.69. The van der Waals surface area contributed by atoms with Crippen molar-refractivity contribution in [2.75, 3.05) is 19.0 Å². The fourth-order valence-electron chi connectivity index (χ4n) is 4.19. The first-order chi connectivity index (χ1) is 14.1. The van der Waals surface area contributed by atoms with Crippen LogP contribution in [0.2, 0.25) is 13.3 Å². The molecule has 0 heterocycles. The van der Waals surface area contributed by atoms with Gasteiger partial charge in [-0.2, -0.15) is 0 Å². The molecule has 1 N–H and O–H groups in total. The summed E-state index contributed by atoms with van der Waals surface area (Å²) in [7, 11) is 3.13. The van der Waals surface area contributed by atoms with E-state index in [0.29, 0.717) is 4.06 Å². The van der Waals surface area contributed by atoms with Gasteiger partial charge in [0.2, 0.25) is 0 Å². The van der Waals surface area contributed by atoms with Gasteiger partial charge >= 0.3 is 195 Å². The van der Waals surface area contributed by atoms with Crippen LogP contribution >= 0.6 is 0 Å². The van der Waals surface area contributed by atoms with Crippen LogP contribution in [0, 0.1) is 0 Å². The Balaban J connectivity index is 3.48. The number of anilines is 1. The van der Waals surface area contributed by atoms with E-state index in [4.69, 9.17) is 0 Å². The van der Waals surface area contributed by atoms with Crippen LogP contribution in [0.3, 0.4) is 0 Å². The molecular formula is C25H48N2OSSn. The van der Waals surface area contributed by atoms with Crippen molar-refractivity contribution in [1.29, 1.82) is 0 Å². The van der Waals surface area contributed by atoms with Crippen LogP contribution in [0.25, 0.3) is 0 Å². The van der Waals surface area contributed by atoms with E-state index in [0.717, 1.165) is 0 Å². The molecular weight excluding hydrogens is 495 g/mol. The fourth-order valence-corrected chi connectivity index (χ4v) is 24.4. The summed E-state index contributed by atoms with van der Waals surface area (Å²) in [4.78, 5) is 2.15. The summed E-state index contributed by atoms with van der Waals surface area (Å²) in [6.07, 6.45) is 7.72. The topological polar surface area (TPSA) is 32.3 Å². The molecule has 0 saturated heterocycles. The molecule has 0 fully saturated rings. The van der Waals surface area contributed by atoms with Gasteiger partial charge in [-0.25, -0.2) is 0 Å². The summed E-state index contributed by atoms with van der Waals surface area (Å²) in [5.74, 6) is 0. The number of hydrogen-bond donors (Lipinski definition) is 1. The molecule has 0 bridgehead atoms. The zero-order valence-electron chi connectivity index (χ0n) is 21.0. The van der Waals surface area contributed by atoms with Crippen molar-refractivity contribution in [2.45, 2.75) is 102 Å². The molecule has 1 aromatic carbocycles. The van der Waals surface area contributed by atoms with Crippen molar-refractivity contribution in [1.82, 2.24) is 4.72 Å². The van der Waals surface area contributed by atoms with Gasteiger partial charge < -0.3 is 0 Å². The van der Waals surface area contributed by atoms with Gasteiger partial charge in [0.25, 0.3) is 0 Å². The Morgan fingerprint density at radius 3 is 1.67 bits per heavy atom.